The maximum Gasteiger partial charge on any atom is 0.272 e. The summed E-state index contributed by atoms with van der Waals surface area (Å²) < 4.78 is 0. The fraction of sp³-hybridized carbons (Fsp3) is 0.389. The van der Waals surface area contributed by atoms with Gasteiger partial charge in [-0.2, -0.15) is 0 Å². The Morgan fingerprint density at radius 3 is 2.60 bits per heavy atom. The Balaban J connectivity index is 1.61. The van der Waals surface area contributed by atoms with Gasteiger partial charge in [0.15, 0.2) is 5.16 Å². The molecule has 2 aromatic rings. The second-order valence-electron chi connectivity index (χ2n) is 6.04. The van der Waals surface area contributed by atoms with Crippen LogP contribution in [0.5, 0.6) is 0 Å². The predicted octanol–water partition coefficient (Wildman–Crippen LogP) is 3.12. The van der Waals surface area contributed by atoms with Crippen LogP contribution in [0.15, 0.2) is 35.5 Å². The van der Waals surface area contributed by atoms with Gasteiger partial charge in [-0.15, -0.1) is 0 Å². The van der Waals surface area contributed by atoms with Crippen LogP contribution >= 0.6 is 23.4 Å². The topological polar surface area (TPSA) is 49.3 Å². The fourth-order valence-corrected chi connectivity index (χ4v) is 3.50. The Labute approximate surface area is 157 Å². The van der Waals surface area contributed by atoms with Crippen LogP contribution in [0, 0.1) is 6.92 Å². The number of nitrogens with zero attached hydrogens (tertiary/aromatic N) is 4. The summed E-state index contributed by atoms with van der Waals surface area (Å²) in [5.74, 6) is -0.0156. The molecular weight excluding hydrogens is 356 g/mol. The lowest BCUT2D eigenvalue weighted by atomic mass is 10.2. The quantitative estimate of drug-likeness (QED) is 0.606. The predicted molar refractivity (Wildman–Crippen MR) is 101 cm³/mol. The summed E-state index contributed by atoms with van der Waals surface area (Å²) in [5.41, 5.74) is 2.43. The van der Waals surface area contributed by atoms with Crippen molar-refractivity contribution in [3.8, 4) is 0 Å². The molecule has 0 radical (unpaired) electrons. The van der Waals surface area contributed by atoms with Gasteiger partial charge in [0.2, 0.25) is 0 Å². The molecule has 132 valence electrons. The lowest BCUT2D eigenvalue weighted by Crippen LogP contribution is -2.48. The molecule has 0 N–H and O–H groups in total. The van der Waals surface area contributed by atoms with Crippen LogP contribution < -0.4 is 0 Å². The number of carbonyl (C=O) groups is 1. The van der Waals surface area contributed by atoms with Gasteiger partial charge in [-0.25, -0.2) is 9.97 Å². The number of carbonyl (C=O) groups excluding carboxylic acids is 1. The maximum absolute atomic E-state index is 12.7. The minimum Gasteiger partial charge on any atom is -0.335 e. The average Bonchev–Trinajstić information content (AvgIpc) is 2.63. The normalized spacial score (nSPS) is 15.4. The van der Waals surface area contributed by atoms with Crippen molar-refractivity contribution in [2.24, 2.45) is 0 Å². The first-order valence-electron chi connectivity index (χ1n) is 8.21. The van der Waals surface area contributed by atoms with E-state index in [1.165, 1.54) is 11.8 Å². The summed E-state index contributed by atoms with van der Waals surface area (Å²) in [4.78, 5) is 25.6. The monoisotopic (exact) mass is 376 g/mol. The highest BCUT2D eigenvalue weighted by Crippen LogP contribution is 2.18. The van der Waals surface area contributed by atoms with Gasteiger partial charge in [-0.3, -0.25) is 9.69 Å². The summed E-state index contributed by atoms with van der Waals surface area (Å²) in [5, 5.41) is 1.43. The number of piperazine rings is 1. The molecule has 1 fully saturated rings. The molecular formula is C18H21ClN4OS. The third kappa shape index (κ3) is 4.51. The van der Waals surface area contributed by atoms with Crippen LogP contribution in [0.1, 0.15) is 21.7 Å². The smallest absolute Gasteiger partial charge is 0.272 e. The summed E-state index contributed by atoms with van der Waals surface area (Å²) in [7, 11) is 0. The molecule has 0 atom stereocenters. The zero-order valence-electron chi connectivity index (χ0n) is 14.4. The molecule has 0 spiro atoms. The molecule has 7 heteroatoms. The Morgan fingerprint density at radius 1 is 1.20 bits per heavy atom. The van der Waals surface area contributed by atoms with Crippen LogP contribution in [-0.4, -0.2) is 58.1 Å². The molecule has 3 rings (SSSR count). The van der Waals surface area contributed by atoms with E-state index < -0.39 is 0 Å². The lowest BCUT2D eigenvalue weighted by Gasteiger charge is -2.34. The van der Waals surface area contributed by atoms with Crippen molar-refractivity contribution in [3.63, 3.8) is 0 Å². The van der Waals surface area contributed by atoms with Crippen LogP contribution in [-0.2, 0) is 6.54 Å². The molecule has 1 aromatic carbocycles. The second-order valence-corrected chi connectivity index (χ2v) is 7.22. The lowest BCUT2D eigenvalue weighted by molar-refractivity contribution is 0.0621. The first-order chi connectivity index (χ1) is 12.1. The van der Waals surface area contributed by atoms with E-state index in [1.54, 1.807) is 6.07 Å². The minimum absolute atomic E-state index is 0.0156. The third-order valence-electron chi connectivity index (χ3n) is 4.25. The average molecular weight is 377 g/mol. The second kappa shape index (κ2) is 8.17. The van der Waals surface area contributed by atoms with Gasteiger partial charge in [0.25, 0.3) is 5.91 Å². The van der Waals surface area contributed by atoms with E-state index in [0.717, 1.165) is 35.9 Å². The van der Waals surface area contributed by atoms with Gasteiger partial charge in [0.05, 0.1) is 0 Å². The molecule has 1 aliphatic rings. The molecule has 1 saturated heterocycles. The van der Waals surface area contributed by atoms with E-state index in [-0.39, 0.29) is 5.91 Å². The Bertz CT molecular complexity index is 762. The fourth-order valence-electron chi connectivity index (χ4n) is 2.88. The van der Waals surface area contributed by atoms with Crippen molar-refractivity contribution < 1.29 is 4.79 Å². The van der Waals surface area contributed by atoms with Crippen molar-refractivity contribution in [3.05, 3.63) is 52.3 Å². The number of aryl methyl sites for hydroxylation is 1. The molecule has 2 heterocycles. The van der Waals surface area contributed by atoms with Crippen molar-refractivity contribution in [1.29, 1.82) is 0 Å². The molecule has 25 heavy (non-hydrogen) atoms. The zero-order chi connectivity index (χ0) is 17.8. The Kier molecular flexibility index (Phi) is 5.93. The molecule has 1 aliphatic heterocycles. The summed E-state index contributed by atoms with van der Waals surface area (Å²) >= 11 is 7.69. The first-order valence-corrected chi connectivity index (χ1v) is 9.82. The molecule has 0 aliphatic carbocycles. The zero-order valence-corrected chi connectivity index (χ0v) is 16.0. The molecule has 1 aromatic heterocycles. The maximum atomic E-state index is 12.7. The highest BCUT2D eigenvalue weighted by molar-refractivity contribution is 7.98. The van der Waals surface area contributed by atoms with Crippen molar-refractivity contribution in [2.75, 3.05) is 32.4 Å². The van der Waals surface area contributed by atoms with E-state index in [1.807, 2.05) is 42.3 Å². The highest BCUT2D eigenvalue weighted by atomic mass is 35.5. The standard InChI is InChI=1S/C18H21ClN4OS/c1-13-11-16(21-18(20-13)25-2)17(24)23-9-7-22(8-10-23)12-14-5-3-4-6-15(14)19/h3-6,11H,7-10,12H2,1-2H3. The summed E-state index contributed by atoms with van der Waals surface area (Å²) in [6, 6.07) is 9.67. The number of hydrogen-bond acceptors (Lipinski definition) is 5. The van der Waals surface area contributed by atoms with Gasteiger partial charge >= 0.3 is 0 Å². The number of aromatic nitrogens is 2. The van der Waals surface area contributed by atoms with Gasteiger partial charge in [0, 0.05) is 43.4 Å². The molecule has 0 unspecified atom stereocenters. The van der Waals surface area contributed by atoms with E-state index in [9.17, 15) is 4.79 Å². The van der Waals surface area contributed by atoms with Gasteiger partial charge < -0.3 is 4.90 Å². The Morgan fingerprint density at radius 2 is 1.92 bits per heavy atom. The number of hydrogen-bond donors (Lipinski definition) is 0. The van der Waals surface area contributed by atoms with Crippen molar-refractivity contribution >= 4 is 29.3 Å². The molecule has 0 saturated carbocycles. The first kappa shape index (κ1) is 18.2. The van der Waals surface area contributed by atoms with Crippen LogP contribution in [0.2, 0.25) is 5.02 Å². The van der Waals surface area contributed by atoms with E-state index in [0.29, 0.717) is 23.9 Å². The number of thioether (sulfide) groups is 1. The number of rotatable bonds is 4. The van der Waals surface area contributed by atoms with Gasteiger partial charge in [-0.1, -0.05) is 41.6 Å². The van der Waals surface area contributed by atoms with Crippen molar-refractivity contribution in [1.82, 2.24) is 19.8 Å². The van der Waals surface area contributed by atoms with Crippen molar-refractivity contribution in [2.45, 2.75) is 18.6 Å². The van der Waals surface area contributed by atoms with E-state index in [2.05, 4.69) is 14.9 Å². The summed E-state index contributed by atoms with van der Waals surface area (Å²) in [6.07, 6.45) is 1.91. The van der Waals surface area contributed by atoms with E-state index >= 15 is 0 Å². The van der Waals surface area contributed by atoms with Gasteiger partial charge in [0.1, 0.15) is 5.69 Å². The molecule has 1 amide bonds. The Hall–Kier alpha value is -1.63. The van der Waals surface area contributed by atoms with Crippen LogP contribution in [0.25, 0.3) is 0 Å². The van der Waals surface area contributed by atoms with Crippen LogP contribution in [0.3, 0.4) is 0 Å². The van der Waals surface area contributed by atoms with Gasteiger partial charge in [-0.05, 0) is 30.9 Å². The minimum atomic E-state index is -0.0156. The number of amides is 1. The number of halogens is 1. The number of benzene rings is 1. The SMILES string of the molecule is CSc1nc(C)cc(C(=O)N2CCN(Cc3ccccc3Cl)CC2)n1. The van der Waals surface area contributed by atoms with Crippen LogP contribution in [0.4, 0.5) is 0 Å². The highest BCUT2D eigenvalue weighted by Gasteiger charge is 2.24. The third-order valence-corrected chi connectivity index (χ3v) is 5.16. The largest absolute Gasteiger partial charge is 0.335 e. The summed E-state index contributed by atoms with van der Waals surface area (Å²) in [6.45, 7) is 5.75. The molecule has 5 nitrogen and oxygen atoms in total. The molecule has 0 bridgehead atoms. The van der Waals surface area contributed by atoms with E-state index in [4.69, 9.17) is 11.6 Å².